The monoisotopic (exact) mass is 405 g/mol. The summed E-state index contributed by atoms with van der Waals surface area (Å²) in [5, 5.41) is 0.295. The second kappa shape index (κ2) is 6.93. The summed E-state index contributed by atoms with van der Waals surface area (Å²) in [6, 6.07) is 6.14. The van der Waals surface area contributed by atoms with Gasteiger partial charge in [-0.05, 0) is 28.1 Å². The molecule has 0 radical (unpaired) electrons. The van der Waals surface area contributed by atoms with E-state index in [1.54, 1.807) is 18.2 Å². The lowest BCUT2D eigenvalue weighted by atomic mass is 10.4. The normalized spacial score (nSPS) is 12.3. The van der Waals surface area contributed by atoms with Gasteiger partial charge in [0.1, 0.15) is 0 Å². The van der Waals surface area contributed by atoms with E-state index in [1.807, 2.05) is 0 Å². The molecule has 0 spiro atoms. The molecule has 0 aromatic heterocycles. The van der Waals surface area contributed by atoms with Crippen molar-refractivity contribution in [1.29, 1.82) is 0 Å². The van der Waals surface area contributed by atoms with Crippen molar-refractivity contribution in [3.05, 3.63) is 28.7 Å². The Morgan fingerprint density at radius 3 is 2.39 bits per heavy atom. The van der Waals surface area contributed by atoms with E-state index < -0.39 is 23.0 Å². The van der Waals surface area contributed by atoms with Gasteiger partial charge in [0.05, 0.1) is 11.4 Å². The van der Waals surface area contributed by atoms with E-state index in [0.717, 1.165) is 4.31 Å². The second-order valence-electron chi connectivity index (χ2n) is 3.37. The van der Waals surface area contributed by atoms with E-state index in [-0.39, 0.29) is 11.4 Å². The first-order valence-electron chi connectivity index (χ1n) is 4.98. The third-order valence-corrected chi connectivity index (χ3v) is 5.36. The molecule has 1 aromatic carbocycles. The summed E-state index contributed by atoms with van der Waals surface area (Å²) < 4.78 is 50.4. The second-order valence-corrected chi connectivity index (χ2v) is 6.93. The van der Waals surface area contributed by atoms with E-state index in [4.69, 9.17) is 0 Å². The van der Waals surface area contributed by atoms with E-state index in [1.165, 1.54) is 6.07 Å². The maximum atomic E-state index is 12.4. The highest BCUT2D eigenvalue weighted by atomic mass is 79.9. The summed E-state index contributed by atoms with van der Waals surface area (Å²) in [5.74, 6) is 0. The Labute approximate surface area is 121 Å². The molecule has 102 valence electrons. The van der Waals surface area contributed by atoms with Crippen LogP contribution < -0.4 is 0 Å². The Balaban J connectivity index is 3.13. The molecule has 0 bridgehead atoms. The van der Waals surface area contributed by atoms with Gasteiger partial charge in [-0.1, -0.05) is 28.1 Å². The Morgan fingerprint density at radius 1 is 1.28 bits per heavy atom. The fraction of sp³-hybridized carbons (Fsp3) is 0.400. The SMILES string of the molecule is O=S(=O)(c1ccccc1Br)N(CCBr)CC(F)F. The zero-order valence-corrected chi connectivity index (χ0v) is 13.2. The summed E-state index contributed by atoms with van der Waals surface area (Å²) in [6.45, 7) is -0.816. The topological polar surface area (TPSA) is 37.4 Å². The maximum Gasteiger partial charge on any atom is 0.252 e. The molecule has 8 heteroatoms. The molecule has 0 aliphatic heterocycles. The third kappa shape index (κ3) is 3.97. The average molecular weight is 407 g/mol. The first-order chi connectivity index (χ1) is 8.39. The molecule has 0 heterocycles. The minimum atomic E-state index is -3.91. The first kappa shape index (κ1) is 16.0. The quantitative estimate of drug-likeness (QED) is 0.680. The number of hydrogen-bond donors (Lipinski definition) is 0. The zero-order chi connectivity index (χ0) is 13.8. The molecule has 1 rings (SSSR count). The van der Waals surface area contributed by atoms with E-state index in [0.29, 0.717) is 9.80 Å². The molecular weight excluding hydrogens is 396 g/mol. The highest BCUT2D eigenvalue weighted by Crippen LogP contribution is 2.25. The summed E-state index contributed by atoms with van der Waals surface area (Å²) in [7, 11) is -3.91. The van der Waals surface area contributed by atoms with Crippen LogP contribution in [0.2, 0.25) is 0 Å². The Kier molecular flexibility index (Phi) is 6.16. The van der Waals surface area contributed by atoms with Crippen LogP contribution in [0.3, 0.4) is 0 Å². The lowest BCUT2D eigenvalue weighted by molar-refractivity contribution is 0.121. The molecule has 0 atom stereocenters. The van der Waals surface area contributed by atoms with Gasteiger partial charge in [0, 0.05) is 16.3 Å². The molecular formula is C10H11Br2F2NO2S. The van der Waals surface area contributed by atoms with Crippen LogP contribution in [0.5, 0.6) is 0 Å². The number of hydrogen-bond acceptors (Lipinski definition) is 2. The standard InChI is InChI=1S/C10H11Br2F2NO2S/c11-5-6-15(7-10(13)14)18(16,17)9-4-2-1-3-8(9)12/h1-4,10H,5-7H2. The lowest BCUT2D eigenvalue weighted by Gasteiger charge is -2.21. The minimum absolute atomic E-state index is 0.00594. The van der Waals surface area contributed by atoms with Crippen molar-refractivity contribution >= 4 is 41.9 Å². The van der Waals surface area contributed by atoms with Crippen molar-refractivity contribution in [1.82, 2.24) is 4.31 Å². The van der Waals surface area contributed by atoms with E-state index in [2.05, 4.69) is 31.9 Å². The van der Waals surface area contributed by atoms with Gasteiger partial charge in [-0.25, -0.2) is 17.2 Å². The molecule has 3 nitrogen and oxygen atoms in total. The van der Waals surface area contributed by atoms with Gasteiger partial charge in [0.2, 0.25) is 10.0 Å². The van der Waals surface area contributed by atoms with Gasteiger partial charge in [0.25, 0.3) is 6.43 Å². The number of alkyl halides is 3. The minimum Gasteiger partial charge on any atom is -0.209 e. The number of sulfonamides is 1. The third-order valence-electron chi connectivity index (χ3n) is 2.13. The molecule has 0 aliphatic rings. The summed E-state index contributed by atoms with van der Waals surface area (Å²) >= 11 is 6.17. The van der Waals surface area contributed by atoms with Gasteiger partial charge in [-0.3, -0.25) is 0 Å². The zero-order valence-electron chi connectivity index (χ0n) is 9.19. The molecule has 0 saturated heterocycles. The molecule has 0 unspecified atom stereocenters. The number of nitrogens with zero attached hydrogens (tertiary/aromatic N) is 1. The van der Waals surface area contributed by atoms with Gasteiger partial charge in [0.15, 0.2) is 0 Å². The van der Waals surface area contributed by atoms with Crippen LogP contribution in [0.4, 0.5) is 8.78 Å². The predicted molar refractivity (Wildman–Crippen MR) is 72.7 cm³/mol. The van der Waals surface area contributed by atoms with Crippen molar-refractivity contribution in [2.24, 2.45) is 0 Å². The molecule has 0 N–H and O–H groups in total. The van der Waals surface area contributed by atoms with Crippen molar-refractivity contribution < 1.29 is 17.2 Å². The van der Waals surface area contributed by atoms with Crippen LogP contribution in [0.15, 0.2) is 33.6 Å². The Hall–Kier alpha value is -0.0500. The van der Waals surface area contributed by atoms with Crippen molar-refractivity contribution in [2.45, 2.75) is 11.3 Å². The number of halogens is 4. The van der Waals surface area contributed by atoms with Gasteiger partial charge in [-0.2, -0.15) is 4.31 Å². The predicted octanol–water partition coefficient (Wildman–Crippen LogP) is 3.10. The number of benzene rings is 1. The molecule has 18 heavy (non-hydrogen) atoms. The van der Waals surface area contributed by atoms with Crippen LogP contribution in [0.25, 0.3) is 0 Å². The Morgan fingerprint density at radius 2 is 1.89 bits per heavy atom. The largest absolute Gasteiger partial charge is 0.252 e. The first-order valence-corrected chi connectivity index (χ1v) is 8.34. The van der Waals surface area contributed by atoms with E-state index >= 15 is 0 Å². The molecule has 0 aliphatic carbocycles. The van der Waals surface area contributed by atoms with Gasteiger partial charge >= 0.3 is 0 Å². The summed E-state index contributed by atoms with van der Waals surface area (Å²) in [6.07, 6.45) is -2.71. The van der Waals surface area contributed by atoms with Crippen molar-refractivity contribution in [3.8, 4) is 0 Å². The smallest absolute Gasteiger partial charge is 0.209 e. The molecule has 0 saturated carbocycles. The highest BCUT2D eigenvalue weighted by Gasteiger charge is 2.28. The van der Waals surface area contributed by atoms with Crippen molar-refractivity contribution in [2.75, 3.05) is 18.4 Å². The van der Waals surface area contributed by atoms with Gasteiger partial charge in [-0.15, -0.1) is 0 Å². The van der Waals surface area contributed by atoms with Crippen molar-refractivity contribution in [3.63, 3.8) is 0 Å². The molecule has 1 aromatic rings. The van der Waals surface area contributed by atoms with Crippen LogP contribution in [0.1, 0.15) is 0 Å². The number of rotatable bonds is 6. The average Bonchev–Trinajstić information content (AvgIpc) is 2.28. The summed E-state index contributed by atoms with van der Waals surface area (Å²) in [5.41, 5.74) is 0. The van der Waals surface area contributed by atoms with E-state index in [9.17, 15) is 17.2 Å². The van der Waals surface area contributed by atoms with Gasteiger partial charge < -0.3 is 0 Å². The van der Waals surface area contributed by atoms with Crippen LogP contribution in [-0.2, 0) is 10.0 Å². The maximum absolute atomic E-state index is 12.4. The fourth-order valence-corrected chi connectivity index (χ4v) is 4.40. The molecule has 0 amide bonds. The lowest BCUT2D eigenvalue weighted by Crippen LogP contribution is -2.36. The van der Waals surface area contributed by atoms with Crippen LogP contribution >= 0.6 is 31.9 Å². The summed E-state index contributed by atoms with van der Waals surface area (Å²) in [4.78, 5) is -0.00778. The Bertz CT molecular complexity index is 496. The van der Waals surface area contributed by atoms with Crippen LogP contribution in [-0.4, -0.2) is 37.6 Å². The van der Waals surface area contributed by atoms with Crippen LogP contribution in [0, 0.1) is 0 Å². The highest BCUT2D eigenvalue weighted by molar-refractivity contribution is 9.10. The molecule has 0 fully saturated rings. The fourth-order valence-electron chi connectivity index (χ4n) is 1.35.